The highest BCUT2D eigenvalue weighted by atomic mass is 14.0. The number of allylic oxidation sites excluding steroid dienone is 2. The number of hydrogen-bond donors (Lipinski definition) is 0. The summed E-state index contributed by atoms with van der Waals surface area (Å²) in [7, 11) is 0. The van der Waals surface area contributed by atoms with Gasteiger partial charge in [-0.05, 0) is 25.7 Å². The minimum atomic E-state index is 1.09. The van der Waals surface area contributed by atoms with Crippen molar-refractivity contribution in [3.05, 3.63) is 26.0 Å². The van der Waals surface area contributed by atoms with E-state index in [1.165, 1.54) is 83.5 Å². The van der Waals surface area contributed by atoms with Crippen molar-refractivity contribution in [1.82, 2.24) is 0 Å². The van der Waals surface area contributed by atoms with Crippen LogP contribution in [0.15, 0.2) is 12.2 Å². The molecule has 0 aliphatic carbocycles. The molecule has 0 spiro atoms. The molecule has 0 aromatic carbocycles. The highest BCUT2D eigenvalue weighted by Crippen LogP contribution is 2.11. The second kappa shape index (κ2) is 17.7. The fourth-order valence-corrected chi connectivity index (χ4v) is 2.35. The molecule has 0 heterocycles. The predicted molar refractivity (Wildman–Crippen MR) is 89.1 cm³/mol. The van der Waals surface area contributed by atoms with Crippen LogP contribution < -0.4 is 0 Å². The van der Waals surface area contributed by atoms with Crippen LogP contribution in [0.3, 0.4) is 0 Å². The Kier molecular flexibility index (Phi) is 17.5. The predicted octanol–water partition coefficient (Wildman–Crippen LogP) is 7.06. The van der Waals surface area contributed by atoms with Gasteiger partial charge in [0.1, 0.15) is 0 Å². The second-order valence-electron chi connectivity index (χ2n) is 5.64. The molecule has 0 aliphatic heterocycles. The number of hydrogen-bond acceptors (Lipinski definition) is 0. The van der Waals surface area contributed by atoms with Crippen LogP contribution in [0.4, 0.5) is 0 Å². The van der Waals surface area contributed by atoms with Gasteiger partial charge in [0.2, 0.25) is 0 Å². The highest BCUT2D eigenvalue weighted by molar-refractivity contribution is 4.81. The number of unbranched alkanes of at least 4 members (excludes halogenated alkanes) is 13. The Balaban J connectivity index is 2.98. The Morgan fingerprint density at radius 2 is 0.737 bits per heavy atom. The molecule has 0 fully saturated rings. The van der Waals surface area contributed by atoms with Crippen LogP contribution in [0.2, 0.25) is 0 Å². The van der Waals surface area contributed by atoms with Crippen molar-refractivity contribution >= 4 is 0 Å². The highest BCUT2D eigenvalue weighted by Gasteiger charge is 1.91. The lowest BCUT2D eigenvalue weighted by molar-refractivity contribution is 0.561. The van der Waals surface area contributed by atoms with Crippen molar-refractivity contribution in [2.45, 2.75) is 96.3 Å². The largest absolute Gasteiger partial charge is 0.0885 e. The van der Waals surface area contributed by atoms with Crippen molar-refractivity contribution in [3.8, 4) is 0 Å². The van der Waals surface area contributed by atoms with Crippen LogP contribution in [0.1, 0.15) is 96.3 Å². The third kappa shape index (κ3) is 17.7. The summed E-state index contributed by atoms with van der Waals surface area (Å²) in [5, 5.41) is 0. The topological polar surface area (TPSA) is 0 Å². The van der Waals surface area contributed by atoms with E-state index in [1.54, 1.807) is 0 Å². The molecule has 2 radical (unpaired) electrons. The molecular weight excluding hydrogens is 228 g/mol. The van der Waals surface area contributed by atoms with Gasteiger partial charge in [0.05, 0.1) is 0 Å². The fourth-order valence-electron chi connectivity index (χ4n) is 2.35. The zero-order valence-electron chi connectivity index (χ0n) is 13.2. The summed E-state index contributed by atoms with van der Waals surface area (Å²) in [5.74, 6) is 0. The second-order valence-corrected chi connectivity index (χ2v) is 5.64. The molecule has 0 heteroatoms. The quantitative estimate of drug-likeness (QED) is 0.219. The lowest BCUT2D eigenvalue weighted by Crippen LogP contribution is -1.81. The first-order valence-electron chi connectivity index (χ1n) is 8.65. The summed E-state index contributed by atoms with van der Waals surface area (Å²) in [5.41, 5.74) is 0. The lowest BCUT2D eigenvalue weighted by atomic mass is 10.1. The van der Waals surface area contributed by atoms with Gasteiger partial charge in [0.15, 0.2) is 0 Å². The summed E-state index contributed by atoms with van der Waals surface area (Å²) < 4.78 is 0. The summed E-state index contributed by atoms with van der Waals surface area (Å²) in [6.45, 7) is 7.74. The van der Waals surface area contributed by atoms with Gasteiger partial charge in [0.25, 0.3) is 0 Å². The van der Waals surface area contributed by atoms with Crippen molar-refractivity contribution in [2.75, 3.05) is 0 Å². The third-order valence-electron chi connectivity index (χ3n) is 3.66. The first-order chi connectivity index (χ1) is 9.41. The van der Waals surface area contributed by atoms with Crippen molar-refractivity contribution in [1.29, 1.82) is 0 Å². The van der Waals surface area contributed by atoms with E-state index in [0.717, 1.165) is 12.8 Å². The van der Waals surface area contributed by atoms with E-state index in [4.69, 9.17) is 0 Å². The molecular formula is C19H36. The van der Waals surface area contributed by atoms with Gasteiger partial charge in [-0.2, -0.15) is 0 Å². The van der Waals surface area contributed by atoms with Gasteiger partial charge in [-0.25, -0.2) is 0 Å². The SMILES string of the molecule is [CH2]CCCC/C=C/CCCCCCCCCCC[CH2]. The Labute approximate surface area is 123 Å². The van der Waals surface area contributed by atoms with Crippen LogP contribution in [0, 0.1) is 13.8 Å². The smallest absolute Gasteiger partial charge is 0.0351 e. The Morgan fingerprint density at radius 1 is 0.421 bits per heavy atom. The summed E-state index contributed by atoms with van der Waals surface area (Å²) in [6, 6.07) is 0. The van der Waals surface area contributed by atoms with Crippen LogP contribution in [0.5, 0.6) is 0 Å². The Hall–Kier alpha value is -0.260. The molecule has 0 aromatic rings. The van der Waals surface area contributed by atoms with Gasteiger partial charge in [-0.15, -0.1) is 0 Å². The minimum absolute atomic E-state index is 1.09. The molecule has 0 bridgehead atoms. The van der Waals surface area contributed by atoms with Crippen molar-refractivity contribution in [3.63, 3.8) is 0 Å². The molecule has 0 rings (SSSR count). The Morgan fingerprint density at radius 3 is 1.21 bits per heavy atom. The molecule has 112 valence electrons. The third-order valence-corrected chi connectivity index (χ3v) is 3.66. The molecule has 0 nitrogen and oxygen atoms in total. The first-order valence-corrected chi connectivity index (χ1v) is 8.65. The molecule has 0 saturated heterocycles. The van der Waals surface area contributed by atoms with Gasteiger partial charge < -0.3 is 0 Å². The van der Waals surface area contributed by atoms with E-state index in [-0.39, 0.29) is 0 Å². The van der Waals surface area contributed by atoms with Crippen LogP contribution in [-0.2, 0) is 0 Å². The van der Waals surface area contributed by atoms with Crippen molar-refractivity contribution < 1.29 is 0 Å². The molecule has 0 aliphatic rings. The maximum absolute atomic E-state index is 3.88. The molecule has 0 aromatic heterocycles. The summed E-state index contributed by atoms with van der Waals surface area (Å²) in [6.07, 6.45) is 24.8. The van der Waals surface area contributed by atoms with Crippen LogP contribution in [-0.4, -0.2) is 0 Å². The van der Waals surface area contributed by atoms with E-state index in [9.17, 15) is 0 Å². The van der Waals surface area contributed by atoms with Gasteiger partial charge in [-0.1, -0.05) is 96.6 Å². The summed E-state index contributed by atoms with van der Waals surface area (Å²) >= 11 is 0. The van der Waals surface area contributed by atoms with Gasteiger partial charge >= 0.3 is 0 Å². The molecule has 0 N–H and O–H groups in total. The standard InChI is InChI=1S/C19H36/c1-3-5-7-9-11-13-15-17-19-18-16-14-12-10-8-6-4-2/h11,13H,1-10,12,14-19H2/b13-11+. The van der Waals surface area contributed by atoms with E-state index in [0.29, 0.717) is 0 Å². The van der Waals surface area contributed by atoms with E-state index < -0.39 is 0 Å². The molecule has 0 saturated carbocycles. The maximum atomic E-state index is 3.88. The van der Waals surface area contributed by atoms with Crippen LogP contribution in [0.25, 0.3) is 0 Å². The zero-order chi connectivity index (χ0) is 14.0. The Bertz CT molecular complexity index is 169. The van der Waals surface area contributed by atoms with Crippen molar-refractivity contribution in [2.24, 2.45) is 0 Å². The molecule has 0 unspecified atom stereocenters. The average molecular weight is 264 g/mol. The zero-order valence-corrected chi connectivity index (χ0v) is 13.2. The fraction of sp³-hybridized carbons (Fsp3) is 0.789. The molecule has 0 atom stereocenters. The normalized spacial score (nSPS) is 11.5. The molecule has 0 amide bonds. The lowest BCUT2D eigenvalue weighted by Gasteiger charge is -2.01. The molecule has 19 heavy (non-hydrogen) atoms. The average Bonchev–Trinajstić information content (AvgIpc) is 2.43. The number of rotatable bonds is 15. The van der Waals surface area contributed by atoms with Crippen LogP contribution >= 0.6 is 0 Å². The monoisotopic (exact) mass is 264 g/mol. The maximum Gasteiger partial charge on any atom is -0.0351 e. The van der Waals surface area contributed by atoms with Gasteiger partial charge in [0, 0.05) is 0 Å². The van der Waals surface area contributed by atoms with E-state index in [1.807, 2.05) is 0 Å². The minimum Gasteiger partial charge on any atom is -0.0885 e. The van der Waals surface area contributed by atoms with Gasteiger partial charge in [-0.3, -0.25) is 0 Å². The van der Waals surface area contributed by atoms with E-state index in [2.05, 4.69) is 26.0 Å². The van der Waals surface area contributed by atoms with E-state index >= 15 is 0 Å². The summed E-state index contributed by atoms with van der Waals surface area (Å²) in [4.78, 5) is 0. The first kappa shape index (κ1) is 18.7.